The molecule has 8 aliphatic rings. The molecule has 71 heavy (non-hydrogen) atoms. The maximum Gasteiger partial charge on any atom is 0.337 e. The fraction of sp³-hybridized carbons (Fsp3) is 0.902. The minimum atomic E-state index is -1.92. The number of rotatable bonds is 10. The van der Waals surface area contributed by atoms with Gasteiger partial charge in [-0.3, -0.25) is 9.59 Å². The van der Waals surface area contributed by atoms with Gasteiger partial charge in [-0.15, -0.1) is 0 Å². The van der Waals surface area contributed by atoms with Gasteiger partial charge in [0.25, 0.3) is 0 Å². The standard InChI is InChI=1S/C51H80O20/c1-23-32(55)34(57)37(60)42(66-23)70-39-33(56)27(54)21-65-43(39)71-40-36(59)35(58)38(41(61)63-9)69-44(40)68-30-14-15-48(5)28(49(30,6)22-52)13-16-51(8)29(48)12-11-25-26-19-46(3,45(62)64-10)20-31(67-24(2)53)47(26,4)17-18-50(25,51)7/h11,23,26-40,42-44,52,54-60H,12-22H2,1-10H3/t23-,26-,27+,28+,29+,30-,31+,32-,33-,34+,35-,36-,37+,38-,39+,40+,42-,43-,44+,46+,47+,48-,49+,50+,51+/m0/s1. The summed E-state index contributed by atoms with van der Waals surface area (Å²) >= 11 is 0. The zero-order valence-corrected chi connectivity index (χ0v) is 42.8. The minimum Gasteiger partial charge on any atom is -0.469 e. The van der Waals surface area contributed by atoms with E-state index in [1.165, 1.54) is 26.5 Å². The van der Waals surface area contributed by atoms with Gasteiger partial charge in [-0.1, -0.05) is 46.3 Å². The van der Waals surface area contributed by atoms with Crippen LogP contribution in [0.4, 0.5) is 0 Å². The fourth-order valence-electron chi connectivity index (χ4n) is 15.5. The van der Waals surface area contributed by atoms with Gasteiger partial charge < -0.3 is 83.5 Å². The third kappa shape index (κ3) is 8.72. The van der Waals surface area contributed by atoms with Crippen LogP contribution in [0.3, 0.4) is 0 Å². The van der Waals surface area contributed by atoms with Crippen LogP contribution in [0.15, 0.2) is 11.6 Å². The molecule has 0 aromatic rings. The highest BCUT2D eigenvalue weighted by Crippen LogP contribution is 2.76. The predicted molar refractivity (Wildman–Crippen MR) is 245 cm³/mol. The molecule has 4 saturated carbocycles. The summed E-state index contributed by atoms with van der Waals surface area (Å²) < 4.78 is 52.9. The van der Waals surface area contributed by atoms with Crippen LogP contribution in [0.2, 0.25) is 0 Å². The highest BCUT2D eigenvalue weighted by atomic mass is 16.8. The summed E-state index contributed by atoms with van der Waals surface area (Å²) in [6.07, 6.45) is -16.0. The SMILES string of the molecule is COC(=O)[C@H]1O[C@@H](O[C@H]2CC[C@@]3(C)[C@@H](CC[C@]4(C)[C@@H]3CC=C3[C@@H]5C[C@@](C)(C(=O)OC)C[C@@H](OC(C)=O)[C@]5(C)CC[C@]34C)[C@@]2(C)CO)[C@H](O[C@@H]2OC[C@@H](O)[C@H](O)[C@H]2O[C@@H]2O[C@@H](C)[C@H](O)[C@@H](O)[C@H]2O)[C@@H](O)[C@@H]1O. The van der Waals surface area contributed by atoms with Crippen molar-refractivity contribution in [3.63, 3.8) is 0 Å². The summed E-state index contributed by atoms with van der Waals surface area (Å²) in [5, 5.41) is 88.1. The lowest BCUT2D eigenvalue weighted by molar-refractivity contribution is -0.387. The molecular weight excluding hydrogens is 933 g/mol. The normalized spacial score (nSPS) is 52.9. The summed E-state index contributed by atoms with van der Waals surface area (Å²) in [5.41, 5.74) is -1.70. The van der Waals surface area contributed by atoms with Gasteiger partial charge in [0.15, 0.2) is 25.0 Å². The molecule has 20 heteroatoms. The summed E-state index contributed by atoms with van der Waals surface area (Å²) in [7, 11) is 2.50. The van der Waals surface area contributed by atoms with Gasteiger partial charge in [0.05, 0.1) is 45.1 Å². The lowest BCUT2D eigenvalue weighted by Crippen LogP contribution is -2.68. The molecule has 3 heterocycles. The van der Waals surface area contributed by atoms with E-state index in [1.807, 2.05) is 13.8 Å². The van der Waals surface area contributed by atoms with Gasteiger partial charge in [0, 0.05) is 24.2 Å². The summed E-state index contributed by atoms with van der Waals surface area (Å²) in [6, 6.07) is 0. The van der Waals surface area contributed by atoms with Crippen molar-refractivity contribution in [2.24, 2.45) is 50.2 Å². The number of esters is 3. The molecule has 3 saturated heterocycles. The molecule has 7 fully saturated rings. The van der Waals surface area contributed by atoms with Crippen LogP contribution in [0.25, 0.3) is 0 Å². The number of carbonyl (C=O) groups is 3. The van der Waals surface area contributed by atoms with Crippen LogP contribution in [0, 0.1) is 50.2 Å². The molecule has 404 valence electrons. The van der Waals surface area contributed by atoms with Gasteiger partial charge in [-0.05, 0) is 99.2 Å². The number of aliphatic hydroxyl groups is 8. The molecule has 0 radical (unpaired) electrons. The molecule has 5 aliphatic carbocycles. The number of allylic oxidation sites excluding steroid dienone is 2. The van der Waals surface area contributed by atoms with Crippen molar-refractivity contribution in [2.45, 2.75) is 211 Å². The molecule has 0 unspecified atom stereocenters. The van der Waals surface area contributed by atoms with Crippen molar-refractivity contribution in [2.75, 3.05) is 27.4 Å². The number of aliphatic hydroxyl groups excluding tert-OH is 8. The van der Waals surface area contributed by atoms with Crippen molar-refractivity contribution in [3.8, 4) is 0 Å². The zero-order valence-electron chi connectivity index (χ0n) is 42.8. The highest BCUT2D eigenvalue weighted by molar-refractivity contribution is 5.77. The molecule has 25 atom stereocenters. The number of ether oxygens (including phenoxy) is 9. The van der Waals surface area contributed by atoms with E-state index in [2.05, 4.69) is 33.8 Å². The van der Waals surface area contributed by atoms with Crippen LogP contribution >= 0.6 is 0 Å². The highest BCUT2D eigenvalue weighted by Gasteiger charge is 2.71. The van der Waals surface area contributed by atoms with E-state index in [9.17, 15) is 55.2 Å². The van der Waals surface area contributed by atoms with E-state index < -0.39 is 127 Å². The number of carbonyl (C=O) groups excluding carboxylic acids is 3. The first-order valence-electron chi connectivity index (χ1n) is 25.5. The molecular formula is C51H80O20. The molecule has 0 aromatic carbocycles. The van der Waals surface area contributed by atoms with Gasteiger partial charge in [-0.25, -0.2) is 4.79 Å². The van der Waals surface area contributed by atoms with Gasteiger partial charge in [0.2, 0.25) is 0 Å². The molecule has 20 nitrogen and oxygen atoms in total. The first kappa shape index (κ1) is 54.8. The van der Waals surface area contributed by atoms with Crippen molar-refractivity contribution in [1.82, 2.24) is 0 Å². The Morgan fingerprint density at radius 3 is 2.01 bits per heavy atom. The molecule has 0 spiro atoms. The van der Waals surface area contributed by atoms with Crippen LogP contribution in [-0.4, -0.2) is 184 Å². The summed E-state index contributed by atoms with van der Waals surface area (Å²) in [5.74, 6) is -1.69. The van der Waals surface area contributed by atoms with E-state index in [0.29, 0.717) is 32.1 Å². The lowest BCUT2D eigenvalue weighted by atomic mass is 9.33. The average Bonchev–Trinajstić information content (AvgIpc) is 3.32. The summed E-state index contributed by atoms with van der Waals surface area (Å²) in [4.78, 5) is 39.1. The minimum absolute atomic E-state index is 0.0427. The maximum atomic E-state index is 13.5. The van der Waals surface area contributed by atoms with E-state index in [4.69, 9.17) is 42.6 Å². The van der Waals surface area contributed by atoms with Crippen LogP contribution in [0.5, 0.6) is 0 Å². The molecule has 0 bridgehead atoms. The van der Waals surface area contributed by atoms with E-state index in [1.54, 1.807) is 0 Å². The average molecular weight is 1010 g/mol. The van der Waals surface area contributed by atoms with Crippen LogP contribution < -0.4 is 0 Å². The second kappa shape index (κ2) is 19.6. The molecule has 0 aromatic heterocycles. The number of hydrogen-bond acceptors (Lipinski definition) is 20. The van der Waals surface area contributed by atoms with Crippen molar-refractivity contribution in [3.05, 3.63) is 11.6 Å². The van der Waals surface area contributed by atoms with Gasteiger partial charge in [-0.2, -0.15) is 0 Å². The van der Waals surface area contributed by atoms with Gasteiger partial charge >= 0.3 is 17.9 Å². The fourth-order valence-corrected chi connectivity index (χ4v) is 15.5. The Bertz CT molecular complexity index is 2020. The summed E-state index contributed by atoms with van der Waals surface area (Å²) in [6.45, 7) is 15.3. The van der Waals surface area contributed by atoms with Crippen molar-refractivity contribution < 1.29 is 97.9 Å². The zero-order chi connectivity index (χ0) is 52.1. The Balaban J connectivity index is 1.08. The Morgan fingerprint density at radius 2 is 1.37 bits per heavy atom. The number of fused-ring (bicyclic) bond motifs is 7. The van der Waals surface area contributed by atoms with Crippen molar-refractivity contribution >= 4 is 17.9 Å². The predicted octanol–water partition coefficient (Wildman–Crippen LogP) is 1.16. The first-order chi connectivity index (χ1) is 33.2. The monoisotopic (exact) mass is 1010 g/mol. The second-order valence-electron chi connectivity index (χ2n) is 23.8. The molecule has 0 amide bonds. The largest absolute Gasteiger partial charge is 0.469 e. The smallest absolute Gasteiger partial charge is 0.337 e. The Kier molecular flexibility index (Phi) is 15.2. The topological polar surface area (TPSA) is 296 Å². The quantitative estimate of drug-likeness (QED) is 0.0659. The van der Waals surface area contributed by atoms with E-state index >= 15 is 0 Å². The Morgan fingerprint density at radius 1 is 0.690 bits per heavy atom. The third-order valence-electron chi connectivity index (χ3n) is 20.0. The molecule has 3 aliphatic heterocycles. The maximum absolute atomic E-state index is 13.5. The molecule has 8 rings (SSSR count). The Labute approximate surface area is 415 Å². The van der Waals surface area contributed by atoms with E-state index in [0.717, 1.165) is 32.8 Å². The Hall–Kier alpha value is -2.41. The molecule has 8 N–H and O–H groups in total. The third-order valence-corrected chi connectivity index (χ3v) is 20.0. The van der Waals surface area contributed by atoms with Gasteiger partial charge in [0.1, 0.15) is 61.0 Å². The number of methoxy groups -OCH3 is 2. The van der Waals surface area contributed by atoms with Crippen LogP contribution in [0.1, 0.15) is 113 Å². The lowest BCUT2D eigenvalue weighted by Gasteiger charge is -2.72. The van der Waals surface area contributed by atoms with E-state index in [-0.39, 0.29) is 52.5 Å². The van der Waals surface area contributed by atoms with Crippen molar-refractivity contribution in [1.29, 1.82) is 0 Å². The number of hydrogen-bond donors (Lipinski definition) is 8. The second-order valence-corrected chi connectivity index (χ2v) is 23.8. The first-order valence-corrected chi connectivity index (χ1v) is 25.5. The van der Waals surface area contributed by atoms with Crippen LogP contribution in [-0.2, 0) is 57.0 Å².